The molecule has 0 aliphatic heterocycles. The van der Waals surface area contributed by atoms with Crippen LogP contribution in [0.2, 0.25) is 0 Å². The van der Waals surface area contributed by atoms with Gasteiger partial charge in [-0.05, 0) is 74.1 Å². The van der Waals surface area contributed by atoms with Gasteiger partial charge in [0.15, 0.2) is 0 Å². The van der Waals surface area contributed by atoms with Crippen molar-refractivity contribution in [2.45, 2.75) is 71.8 Å². The Balaban J connectivity index is 2.19. The molecule has 5 nitrogen and oxygen atoms in total. The van der Waals surface area contributed by atoms with Crippen LogP contribution in [0.25, 0.3) is 0 Å². The van der Waals surface area contributed by atoms with E-state index >= 15 is 0 Å². The Morgan fingerprint density at radius 2 is 1.79 bits per heavy atom. The molecule has 1 aliphatic carbocycles. The molecule has 0 heterocycles. The van der Waals surface area contributed by atoms with Crippen LogP contribution < -0.4 is 10.1 Å². The number of aryl methyl sites for hydroxylation is 1. The Labute approximate surface area is 169 Å². The van der Waals surface area contributed by atoms with Crippen molar-refractivity contribution in [1.82, 2.24) is 5.32 Å². The van der Waals surface area contributed by atoms with E-state index in [1.165, 1.54) is 7.11 Å². The van der Waals surface area contributed by atoms with E-state index in [0.29, 0.717) is 18.8 Å². The van der Waals surface area contributed by atoms with Crippen molar-refractivity contribution in [3.63, 3.8) is 0 Å². The highest BCUT2D eigenvalue weighted by Gasteiger charge is 2.46. The third kappa shape index (κ3) is 4.68. The highest BCUT2D eigenvalue weighted by atomic mass is 16.5. The molecule has 0 spiro atoms. The molecule has 5 heteroatoms. The summed E-state index contributed by atoms with van der Waals surface area (Å²) in [5.74, 6) is 0.441. The van der Waals surface area contributed by atoms with Crippen molar-refractivity contribution in [2.75, 3.05) is 14.2 Å². The lowest BCUT2D eigenvalue weighted by Crippen LogP contribution is -2.58. The largest absolute Gasteiger partial charge is 0.497 e. The molecule has 0 saturated heterocycles. The number of methoxy groups -OCH3 is 2. The Morgan fingerprint density at radius 1 is 1.18 bits per heavy atom. The van der Waals surface area contributed by atoms with E-state index in [2.05, 4.69) is 26.1 Å². The van der Waals surface area contributed by atoms with Crippen LogP contribution in [0.4, 0.5) is 0 Å². The second-order valence-corrected chi connectivity index (χ2v) is 9.15. The first-order valence-corrected chi connectivity index (χ1v) is 10.1. The minimum Gasteiger partial charge on any atom is -0.497 e. The van der Waals surface area contributed by atoms with Crippen molar-refractivity contribution in [2.24, 2.45) is 11.3 Å². The standard InChI is InChI=1S/C23H35NO4/c1-15-14-18(27-6)8-9-19(15)16(2)20(25)24-23(21(26)28-7)12-10-17(11-13-23)22(3,4)5/h8-9,14,16-17H,10-13H2,1-7H3,(H,24,25). The first-order valence-electron chi connectivity index (χ1n) is 10.1. The normalized spacial score (nSPS) is 23.6. The Morgan fingerprint density at radius 3 is 2.25 bits per heavy atom. The van der Waals surface area contributed by atoms with E-state index < -0.39 is 5.54 Å². The summed E-state index contributed by atoms with van der Waals surface area (Å²) >= 11 is 0. The van der Waals surface area contributed by atoms with Crippen LogP contribution in [-0.4, -0.2) is 31.6 Å². The van der Waals surface area contributed by atoms with Gasteiger partial charge in [-0.25, -0.2) is 4.79 Å². The average Bonchev–Trinajstić information content (AvgIpc) is 2.66. The number of amides is 1. The van der Waals surface area contributed by atoms with E-state index in [0.717, 1.165) is 29.7 Å². The van der Waals surface area contributed by atoms with Gasteiger partial charge in [-0.2, -0.15) is 0 Å². The molecule has 1 aromatic rings. The molecule has 1 aromatic carbocycles. The number of benzene rings is 1. The zero-order valence-electron chi connectivity index (χ0n) is 18.3. The van der Waals surface area contributed by atoms with Crippen LogP contribution in [0.5, 0.6) is 5.75 Å². The minimum absolute atomic E-state index is 0.145. The number of hydrogen-bond donors (Lipinski definition) is 1. The van der Waals surface area contributed by atoms with Crippen LogP contribution in [-0.2, 0) is 14.3 Å². The quantitative estimate of drug-likeness (QED) is 0.760. The number of carbonyl (C=O) groups excluding carboxylic acids is 2. The molecule has 1 amide bonds. The first kappa shape index (κ1) is 22.3. The number of hydrogen-bond acceptors (Lipinski definition) is 4. The highest BCUT2D eigenvalue weighted by molar-refractivity contribution is 5.91. The second-order valence-electron chi connectivity index (χ2n) is 9.15. The van der Waals surface area contributed by atoms with Crippen LogP contribution in [0.3, 0.4) is 0 Å². The van der Waals surface area contributed by atoms with Crippen LogP contribution in [0.1, 0.15) is 70.4 Å². The Bertz CT molecular complexity index is 712. The summed E-state index contributed by atoms with van der Waals surface area (Å²) in [7, 11) is 3.02. The second kappa shape index (κ2) is 8.54. The molecule has 1 fully saturated rings. The molecule has 28 heavy (non-hydrogen) atoms. The molecule has 1 N–H and O–H groups in total. The topological polar surface area (TPSA) is 64.6 Å². The number of nitrogens with one attached hydrogen (secondary N) is 1. The van der Waals surface area contributed by atoms with Crippen molar-refractivity contribution in [3.8, 4) is 5.75 Å². The zero-order chi connectivity index (χ0) is 21.1. The van der Waals surface area contributed by atoms with E-state index in [1.807, 2.05) is 32.0 Å². The number of carbonyl (C=O) groups is 2. The lowest BCUT2D eigenvalue weighted by molar-refractivity contribution is -0.153. The van der Waals surface area contributed by atoms with Gasteiger partial charge in [0, 0.05) is 0 Å². The molecular formula is C23H35NO4. The molecule has 0 bridgehead atoms. The van der Waals surface area contributed by atoms with Crippen molar-refractivity contribution >= 4 is 11.9 Å². The van der Waals surface area contributed by atoms with Gasteiger partial charge >= 0.3 is 5.97 Å². The van der Waals surface area contributed by atoms with E-state index in [1.54, 1.807) is 7.11 Å². The summed E-state index contributed by atoms with van der Waals surface area (Å²) < 4.78 is 10.3. The molecule has 0 radical (unpaired) electrons. The highest BCUT2D eigenvalue weighted by Crippen LogP contribution is 2.42. The minimum atomic E-state index is -0.928. The summed E-state index contributed by atoms with van der Waals surface area (Å²) in [4.78, 5) is 25.7. The Hall–Kier alpha value is -2.04. The lowest BCUT2D eigenvalue weighted by Gasteiger charge is -2.43. The maximum Gasteiger partial charge on any atom is 0.331 e. The van der Waals surface area contributed by atoms with Gasteiger partial charge in [0.1, 0.15) is 11.3 Å². The van der Waals surface area contributed by atoms with Gasteiger partial charge in [0.05, 0.1) is 20.1 Å². The van der Waals surface area contributed by atoms with Gasteiger partial charge in [-0.15, -0.1) is 0 Å². The van der Waals surface area contributed by atoms with E-state index in [4.69, 9.17) is 9.47 Å². The predicted molar refractivity (Wildman–Crippen MR) is 110 cm³/mol. The Kier molecular flexibility index (Phi) is 6.79. The van der Waals surface area contributed by atoms with Crippen LogP contribution in [0, 0.1) is 18.3 Å². The maximum absolute atomic E-state index is 13.1. The number of esters is 1. The lowest BCUT2D eigenvalue weighted by atomic mass is 9.67. The summed E-state index contributed by atoms with van der Waals surface area (Å²) in [6, 6.07) is 5.69. The first-order chi connectivity index (χ1) is 13.0. The van der Waals surface area contributed by atoms with E-state index in [9.17, 15) is 9.59 Å². The predicted octanol–water partition coefficient (Wildman–Crippen LogP) is 4.37. The fourth-order valence-corrected chi connectivity index (χ4v) is 4.30. The van der Waals surface area contributed by atoms with Gasteiger partial charge in [-0.3, -0.25) is 4.79 Å². The average molecular weight is 390 g/mol. The van der Waals surface area contributed by atoms with Gasteiger partial charge in [0.25, 0.3) is 0 Å². The fourth-order valence-electron chi connectivity index (χ4n) is 4.30. The van der Waals surface area contributed by atoms with Gasteiger partial charge < -0.3 is 14.8 Å². The summed E-state index contributed by atoms with van der Waals surface area (Å²) in [5.41, 5.74) is 1.19. The van der Waals surface area contributed by atoms with E-state index in [-0.39, 0.29) is 23.2 Å². The summed E-state index contributed by atoms with van der Waals surface area (Å²) in [6.45, 7) is 10.5. The molecular weight excluding hydrogens is 354 g/mol. The van der Waals surface area contributed by atoms with Gasteiger partial charge in [-0.1, -0.05) is 26.8 Å². The van der Waals surface area contributed by atoms with Crippen molar-refractivity contribution in [1.29, 1.82) is 0 Å². The van der Waals surface area contributed by atoms with Crippen LogP contribution in [0.15, 0.2) is 18.2 Å². The molecule has 1 saturated carbocycles. The zero-order valence-corrected chi connectivity index (χ0v) is 18.3. The third-order valence-electron chi connectivity index (χ3n) is 6.34. The van der Waals surface area contributed by atoms with Crippen molar-refractivity contribution in [3.05, 3.63) is 29.3 Å². The van der Waals surface area contributed by atoms with Crippen molar-refractivity contribution < 1.29 is 19.1 Å². The molecule has 1 atom stereocenters. The fraction of sp³-hybridized carbons (Fsp3) is 0.652. The monoisotopic (exact) mass is 389 g/mol. The molecule has 0 aromatic heterocycles. The van der Waals surface area contributed by atoms with Gasteiger partial charge in [0.2, 0.25) is 5.91 Å². The SMILES string of the molecule is COC(=O)C1(NC(=O)C(C)c2ccc(OC)cc2C)CCC(C(C)(C)C)CC1. The third-order valence-corrected chi connectivity index (χ3v) is 6.34. The number of ether oxygens (including phenoxy) is 2. The molecule has 156 valence electrons. The maximum atomic E-state index is 13.1. The molecule has 1 aliphatic rings. The molecule has 1 unspecified atom stereocenters. The summed E-state index contributed by atoms with van der Waals surface area (Å²) in [6.07, 6.45) is 3.02. The summed E-state index contributed by atoms with van der Waals surface area (Å²) in [5, 5.41) is 3.06. The smallest absolute Gasteiger partial charge is 0.331 e. The molecule has 2 rings (SSSR count). The van der Waals surface area contributed by atoms with Crippen LogP contribution >= 0.6 is 0 Å². The number of rotatable bonds is 5.